The van der Waals surface area contributed by atoms with Gasteiger partial charge in [-0.25, -0.2) is 4.79 Å². The number of carbonyl (C=O) groups is 1. The standard InChI is InChI=1S/C12H11IO3/c1-3-9-5-7-4-8(12(14)15-2)6-10(13)11(7)16-9/h4-6H,3H2,1-2H3. The van der Waals surface area contributed by atoms with Gasteiger partial charge < -0.3 is 9.15 Å². The highest BCUT2D eigenvalue weighted by molar-refractivity contribution is 14.1. The van der Waals surface area contributed by atoms with E-state index in [4.69, 9.17) is 9.15 Å². The zero-order valence-corrected chi connectivity index (χ0v) is 11.2. The molecule has 1 heterocycles. The number of ether oxygens (including phenoxy) is 1. The molecule has 0 fully saturated rings. The van der Waals surface area contributed by atoms with E-state index < -0.39 is 0 Å². The molecular weight excluding hydrogens is 319 g/mol. The Morgan fingerprint density at radius 3 is 2.81 bits per heavy atom. The number of rotatable bonds is 2. The summed E-state index contributed by atoms with van der Waals surface area (Å²) in [7, 11) is 1.38. The summed E-state index contributed by atoms with van der Waals surface area (Å²) in [4.78, 5) is 11.4. The molecule has 0 spiro atoms. The lowest BCUT2D eigenvalue weighted by atomic mass is 10.1. The van der Waals surface area contributed by atoms with Gasteiger partial charge in [0, 0.05) is 11.8 Å². The van der Waals surface area contributed by atoms with Gasteiger partial charge in [0.1, 0.15) is 11.3 Å². The third-order valence-corrected chi connectivity index (χ3v) is 3.19. The van der Waals surface area contributed by atoms with Crippen LogP contribution in [0.2, 0.25) is 0 Å². The van der Waals surface area contributed by atoms with E-state index in [9.17, 15) is 4.79 Å². The molecule has 0 amide bonds. The summed E-state index contributed by atoms with van der Waals surface area (Å²) >= 11 is 2.16. The minimum Gasteiger partial charge on any atom is -0.465 e. The van der Waals surface area contributed by atoms with E-state index in [0.717, 1.165) is 26.7 Å². The Bertz CT molecular complexity index is 542. The molecule has 0 bridgehead atoms. The van der Waals surface area contributed by atoms with Crippen molar-refractivity contribution in [2.24, 2.45) is 0 Å². The van der Waals surface area contributed by atoms with Crippen molar-refractivity contribution in [3.8, 4) is 0 Å². The molecule has 0 radical (unpaired) electrons. The maximum atomic E-state index is 11.4. The van der Waals surface area contributed by atoms with Crippen LogP contribution in [-0.4, -0.2) is 13.1 Å². The molecule has 0 atom stereocenters. The summed E-state index contributed by atoms with van der Waals surface area (Å²) in [5, 5.41) is 0.948. The number of methoxy groups -OCH3 is 1. The molecule has 2 rings (SSSR count). The average Bonchev–Trinajstić information content (AvgIpc) is 2.71. The molecule has 0 saturated heterocycles. The quantitative estimate of drug-likeness (QED) is 0.626. The average molecular weight is 330 g/mol. The van der Waals surface area contributed by atoms with Gasteiger partial charge in [-0.15, -0.1) is 0 Å². The van der Waals surface area contributed by atoms with Crippen LogP contribution >= 0.6 is 22.6 Å². The van der Waals surface area contributed by atoms with E-state index in [1.807, 2.05) is 13.0 Å². The number of esters is 1. The number of furan rings is 1. The summed E-state index contributed by atoms with van der Waals surface area (Å²) in [5.74, 6) is 0.606. The molecule has 2 aromatic rings. The minimum atomic E-state index is -0.320. The van der Waals surface area contributed by atoms with Crippen molar-refractivity contribution in [3.05, 3.63) is 33.1 Å². The summed E-state index contributed by atoms with van der Waals surface area (Å²) in [6.45, 7) is 2.03. The van der Waals surface area contributed by atoms with Crippen molar-refractivity contribution in [2.45, 2.75) is 13.3 Å². The number of hydrogen-bond acceptors (Lipinski definition) is 3. The molecular formula is C12H11IO3. The smallest absolute Gasteiger partial charge is 0.337 e. The highest BCUT2D eigenvalue weighted by Crippen LogP contribution is 2.26. The Kier molecular flexibility index (Phi) is 3.18. The van der Waals surface area contributed by atoms with E-state index in [2.05, 4.69) is 22.6 Å². The van der Waals surface area contributed by atoms with Crippen LogP contribution in [0.5, 0.6) is 0 Å². The Labute approximate surface area is 107 Å². The zero-order valence-electron chi connectivity index (χ0n) is 9.04. The number of fused-ring (bicyclic) bond motifs is 1. The van der Waals surface area contributed by atoms with Crippen molar-refractivity contribution < 1.29 is 13.9 Å². The SMILES string of the molecule is CCc1cc2cc(C(=O)OC)cc(I)c2o1. The van der Waals surface area contributed by atoms with Gasteiger partial charge in [0.15, 0.2) is 0 Å². The first-order valence-corrected chi connectivity index (χ1v) is 6.04. The van der Waals surface area contributed by atoms with Crippen LogP contribution in [0, 0.1) is 3.57 Å². The first-order chi connectivity index (χ1) is 7.65. The fraction of sp³-hybridized carbons (Fsp3) is 0.250. The number of halogens is 1. The maximum absolute atomic E-state index is 11.4. The summed E-state index contributed by atoms with van der Waals surface area (Å²) in [5.41, 5.74) is 1.40. The third kappa shape index (κ3) is 1.93. The van der Waals surface area contributed by atoms with Crippen molar-refractivity contribution in [3.63, 3.8) is 0 Å². The predicted molar refractivity (Wildman–Crippen MR) is 69.6 cm³/mol. The van der Waals surface area contributed by atoms with Crippen LogP contribution in [0.15, 0.2) is 22.6 Å². The van der Waals surface area contributed by atoms with Crippen molar-refractivity contribution in [2.75, 3.05) is 7.11 Å². The van der Waals surface area contributed by atoms with Crippen LogP contribution in [0.4, 0.5) is 0 Å². The minimum absolute atomic E-state index is 0.320. The van der Waals surface area contributed by atoms with E-state index in [0.29, 0.717) is 5.56 Å². The normalized spacial score (nSPS) is 10.7. The van der Waals surface area contributed by atoms with Gasteiger partial charge in [0.25, 0.3) is 0 Å². The van der Waals surface area contributed by atoms with Gasteiger partial charge in [-0.05, 0) is 40.8 Å². The second-order valence-corrected chi connectivity index (χ2v) is 4.60. The van der Waals surface area contributed by atoms with Gasteiger partial charge >= 0.3 is 5.97 Å². The Balaban J connectivity index is 2.61. The molecule has 3 nitrogen and oxygen atoms in total. The summed E-state index contributed by atoms with van der Waals surface area (Å²) < 4.78 is 11.3. The van der Waals surface area contributed by atoms with Crippen molar-refractivity contribution >= 4 is 39.5 Å². The highest BCUT2D eigenvalue weighted by atomic mass is 127. The maximum Gasteiger partial charge on any atom is 0.337 e. The van der Waals surface area contributed by atoms with E-state index in [1.54, 1.807) is 12.1 Å². The van der Waals surface area contributed by atoms with E-state index in [1.165, 1.54) is 7.11 Å². The number of carbonyl (C=O) groups excluding carboxylic acids is 1. The summed E-state index contributed by atoms with van der Waals surface area (Å²) in [6.07, 6.45) is 0.846. The van der Waals surface area contributed by atoms with Crippen LogP contribution < -0.4 is 0 Å². The lowest BCUT2D eigenvalue weighted by molar-refractivity contribution is 0.0601. The van der Waals surface area contributed by atoms with Gasteiger partial charge in [-0.1, -0.05) is 6.92 Å². The fourth-order valence-corrected chi connectivity index (χ4v) is 2.33. The lowest BCUT2D eigenvalue weighted by Crippen LogP contribution is -2.01. The topological polar surface area (TPSA) is 39.4 Å². The highest BCUT2D eigenvalue weighted by Gasteiger charge is 2.12. The number of benzene rings is 1. The second-order valence-electron chi connectivity index (χ2n) is 3.43. The molecule has 4 heteroatoms. The van der Waals surface area contributed by atoms with Crippen molar-refractivity contribution in [1.29, 1.82) is 0 Å². The molecule has 0 aliphatic heterocycles. The van der Waals surface area contributed by atoms with Crippen LogP contribution in [0.3, 0.4) is 0 Å². The molecule has 1 aromatic heterocycles. The second kappa shape index (κ2) is 4.45. The largest absolute Gasteiger partial charge is 0.465 e. The summed E-state index contributed by atoms with van der Waals surface area (Å²) in [6, 6.07) is 5.54. The van der Waals surface area contributed by atoms with Gasteiger partial charge in [-0.3, -0.25) is 0 Å². The molecule has 16 heavy (non-hydrogen) atoms. The Morgan fingerprint density at radius 1 is 1.44 bits per heavy atom. The molecule has 0 aliphatic rings. The predicted octanol–water partition coefficient (Wildman–Crippen LogP) is 3.39. The van der Waals surface area contributed by atoms with Gasteiger partial charge in [0.05, 0.1) is 16.2 Å². The Morgan fingerprint density at radius 2 is 2.19 bits per heavy atom. The number of hydrogen-bond donors (Lipinski definition) is 0. The number of aryl methyl sites for hydroxylation is 1. The third-order valence-electron chi connectivity index (χ3n) is 2.39. The van der Waals surface area contributed by atoms with Crippen LogP contribution in [-0.2, 0) is 11.2 Å². The molecule has 0 aliphatic carbocycles. The Hall–Kier alpha value is -1.04. The molecule has 0 saturated carbocycles. The van der Waals surface area contributed by atoms with Crippen LogP contribution in [0.1, 0.15) is 23.0 Å². The first-order valence-electron chi connectivity index (χ1n) is 4.96. The fourth-order valence-electron chi connectivity index (χ4n) is 1.57. The molecule has 0 unspecified atom stereocenters. The van der Waals surface area contributed by atoms with Crippen LogP contribution in [0.25, 0.3) is 11.0 Å². The molecule has 1 aromatic carbocycles. The van der Waals surface area contributed by atoms with Crippen molar-refractivity contribution in [1.82, 2.24) is 0 Å². The van der Waals surface area contributed by atoms with Gasteiger partial charge in [-0.2, -0.15) is 0 Å². The first kappa shape index (κ1) is 11.4. The zero-order chi connectivity index (χ0) is 11.7. The molecule has 0 N–H and O–H groups in total. The molecule has 84 valence electrons. The monoisotopic (exact) mass is 330 g/mol. The lowest BCUT2D eigenvalue weighted by Gasteiger charge is -2.00. The van der Waals surface area contributed by atoms with E-state index in [-0.39, 0.29) is 5.97 Å². The van der Waals surface area contributed by atoms with Gasteiger partial charge in [0.2, 0.25) is 0 Å². The van der Waals surface area contributed by atoms with E-state index >= 15 is 0 Å².